The number of allylic oxidation sites excluding steroid dienone is 2. The lowest BCUT2D eigenvalue weighted by atomic mass is 9.70. The van der Waals surface area contributed by atoms with E-state index in [1.165, 1.54) is 13.8 Å². The summed E-state index contributed by atoms with van der Waals surface area (Å²) in [5.74, 6) is 0.724. The van der Waals surface area contributed by atoms with E-state index in [1.807, 2.05) is 12.2 Å². The third-order valence-corrected chi connectivity index (χ3v) is 8.05. The lowest BCUT2D eigenvalue weighted by Gasteiger charge is -2.36. The van der Waals surface area contributed by atoms with Gasteiger partial charge in [-0.15, -0.1) is 0 Å². The van der Waals surface area contributed by atoms with Crippen molar-refractivity contribution in [2.45, 2.75) is 52.4 Å². The fraction of sp³-hybridized carbons (Fsp3) is 0.667. The van der Waals surface area contributed by atoms with Crippen LogP contribution in [0.3, 0.4) is 0 Å². The van der Waals surface area contributed by atoms with E-state index in [4.69, 9.17) is 0 Å². The number of amides is 2. The first kappa shape index (κ1) is 26.4. The summed E-state index contributed by atoms with van der Waals surface area (Å²) in [6.07, 6.45) is 12.6. The lowest BCUT2D eigenvalue weighted by Crippen LogP contribution is -2.42. The van der Waals surface area contributed by atoms with E-state index in [0.29, 0.717) is 43.8 Å². The summed E-state index contributed by atoms with van der Waals surface area (Å²) in [5, 5.41) is 6.87. The maximum Gasteiger partial charge on any atom is 0.224 e. The molecule has 9 heteroatoms. The molecule has 2 atom stereocenters. The van der Waals surface area contributed by atoms with Crippen LogP contribution >= 0.6 is 0 Å². The molecular formula is C27H40N6O3. The van der Waals surface area contributed by atoms with Crippen molar-refractivity contribution >= 4 is 29.0 Å². The Morgan fingerprint density at radius 1 is 0.778 bits per heavy atom. The number of hydrogen-bond acceptors (Lipinski definition) is 7. The van der Waals surface area contributed by atoms with Crippen LogP contribution in [0.1, 0.15) is 52.4 Å². The molecule has 4 aliphatic heterocycles. The van der Waals surface area contributed by atoms with E-state index in [9.17, 15) is 14.4 Å². The van der Waals surface area contributed by atoms with Gasteiger partial charge in [0, 0.05) is 49.5 Å². The van der Waals surface area contributed by atoms with Gasteiger partial charge in [0.1, 0.15) is 19.1 Å². The second kappa shape index (κ2) is 12.5. The van der Waals surface area contributed by atoms with E-state index in [2.05, 4.69) is 20.6 Å². The predicted molar refractivity (Wildman–Crippen MR) is 140 cm³/mol. The number of Topliss-reactive ketones (excluding diaryl/α,β-unsaturated/α-hetero) is 1. The highest BCUT2D eigenvalue weighted by atomic mass is 16.2. The van der Waals surface area contributed by atoms with Gasteiger partial charge in [-0.2, -0.15) is 0 Å². The Hall–Kier alpha value is -2.65. The molecule has 0 aromatic carbocycles. The van der Waals surface area contributed by atoms with Crippen LogP contribution < -0.4 is 10.6 Å². The average molecular weight is 497 g/mol. The molecule has 0 spiro atoms. The van der Waals surface area contributed by atoms with E-state index >= 15 is 0 Å². The molecule has 0 aliphatic carbocycles. The topological polar surface area (TPSA) is 106 Å². The van der Waals surface area contributed by atoms with Crippen LogP contribution in [-0.2, 0) is 14.4 Å². The third-order valence-electron chi connectivity index (χ3n) is 8.05. The summed E-state index contributed by atoms with van der Waals surface area (Å²) in [4.78, 5) is 50.3. The minimum absolute atomic E-state index is 0.0318. The quantitative estimate of drug-likeness (QED) is 0.535. The summed E-state index contributed by atoms with van der Waals surface area (Å²) in [6, 6.07) is 0. The van der Waals surface area contributed by atoms with Gasteiger partial charge in [-0.05, 0) is 88.7 Å². The molecule has 4 rings (SSSR count). The number of nitrogens with zero attached hydrogens (tertiary/aromatic N) is 4. The maximum atomic E-state index is 14.4. The Balaban J connectivity index is 1.54. The molecule has 0 aromatic heterocycles. The molecule has 9 nitrogen and oxygen atoms in total. The molecule has 0 bridgehead atoms. The van der Waals surface area contributed by atoms with Crippen molar-refractivity contribution in [3.63, 3.8) is 0 Å². The van der Waals surface area contributed by atoms with Crippen molar-refractivity contribution in [3.05, 3.63) is 24.6 Å². The number of ketones is 1. The highest BCUT2D eigenvalue weighted by molar-refractivity contribution is 6.02. The molecule has 2 amide bonds. The van der Waals surface area contributed by atoms with Crippen LogP contribution in [-0.4, -0.2) is 78.3 Å². The molecular weight excluding hydrogens is 456 g/mol. The van der Waals surface area contributed by atoms with Gasteiger partial charge in [0.25, 0.3) is 0 Å². The zero-order valence-corrected chi connectivity index (χ0v) is 21.6. The summed E-state index contributed by atoms with van der Waals surface area (Å²) < 4.78 is 0. The number of rotatable bonds is 8. The number of aliphatic imine (C=N–C) groups is 2. The Bertz CT molecular complexity index is 869. The predicted octanol–water partition coefficient (Wildman–Crippen LogP) is 2.12. The highest BCUT2D eigenvalue weighted by Gasteiger charge is 2.38. The Morgan fingerprint density at radius 2 is 1.17 bits per heavy atom. The number of carbonyl (C=O) groups is 3. The summed E-state index contributed by atoms with van der Waals surface area (Å²) in [6.45, 7) is 7.45. The molecule has 0 saturated carbocycles. The van der Waals surface area contributed by atoms with Gasteiger partial charge in [-0.25, -0.2) is 0 Å². The van der Waals surface area contributed by atoms with E-state index in [1.54, 1.807) is 22.2 Å². The Morgan fingerprint density at radius 3 is 1.47 bits per heavy atom. The number of piperidine rings is 2. The molecule has 36 heavy (non-hydrogen) atoms. The van der Waals surface area contributed by atoms with Crippen LogP contribution in [0.15, 0.2) is 34.5 Å². The smallest absolute Gasteiger partial charge is 0.224 e. The van der Waals surface area contributed by atoms with Gasteiger partial charge >= 0.3 is 0 Å². The first-order valence-corrected chi connectivity index (χ1v) is 13.3. The molecule has 2 N–H and O–H groups in total. The summed E-state index contributed by atoms with van der Waals surface area (Å²) in [7, 11) is 0. The standard InChI is InChI=1S/C27H40N6O3/c1-19(34)32-13-7-23(30-17-32)15-25(21-3-9-28-10-4-21)27(36)26(22-5-11-29-12-6-22)16-24-8-14-33(18-31-24)20(2)35/h7-8,13-14,21-22,25-26,28-29H,3-6,9-12,15-18H2,1-2H3. The maximum absolute atomic E-state index is 14.4. The van der Waals surface area contributed by atoms with Crippen LogP contribution in [0.5, 0.6) is 0 Å². The van der Waals surface area contributed by atoms with E-state index in [0.717, 1.165) is 63.3 Å². The van der Waals surface area contributed by atoms with Crippen LogP contribution in [0.4, 0.5) is 0 Å². The van der Waals surface area contributed by atoms with Crippen molar-refractivity contribution in [3.8, 4) is 0 Å². The van der Waals surface area contributed by atoms with Gasteiger partial charge in [0.15, 0.2) is 0 Å². The fourth-order valence-electron chi connectivity index (χ4n) is 5.78. The molecule has 4 heterocycles. The molecule has 4 aliphatic rings. The molecule has 196 valence electrons. The first-order valence-electron chi connectivity index (χ1n) is 13.3. The van der Waals surface area contributed by atoms with Crippen molar-refractivity contribution in [1.82, 2.24) is 20.4 Å². The third kappa shape index (κ3) is 6.76. The SMILES string of the molecule is CC(=O)N1C=CC(CC(C(=O)C(CC2=NCN(C(C)=O)C=C2)C2CCNCC2)C2CCNCC2)=NC1. The minimum atomic E-state index is -0.0962. The zero-order valence-electron chi connectivity index (χ0n) is 21.6. The average Bonchev–Trinajstić information content (AvgIpc) is 2.91. The van der Waals surface area contributed by atoms with Crippen molar-refractivity contribution in [2.75, 3.05) is 39.5 Å². The number of carbonyl (C=O) groups excluding carboxylic acids is 3. The minimum Gasteiger partial charge on any atom is -0.317 e. The molecule has 2 unspecified atom stereocenters. The lowest BCUT2D eigenvalue weighted by molar-refractivity contribution is -0.131. The van der Waals surface area contributed by atoms with Gasteiger partial charge in [-0.3, -0.25) is 34.2 Å². The number of hydrogen-bond donors (Lipinski definition) is 2. The van der Waals surface area contributed by atoms with Crippen LogP contribution in [0.25, 0.3) is 0 Å². The summed E-state index contributed by atoms with van der Waals surface area (Å²) in [5.41, 5.74) is 1.81. The zero-order chi connectivity index (χ0) is 25.5. The highest BCUT2D eigenvalue weighted by Crippen LogP contribution is 2.35. The molecule has 0 aromatic rings. The van der Waals surface area contributed by atoms with Crippen LogP contribution in [0, 0.1) is 23.7 Å². The van der Waals surface area contributed by atoms with Crippen molar-refractivity contribution < 1.29 is 14.4 Å². The van der Waals surface area contributed by atoms with Crippen molar-refractivity contribution in [1.29, 1.82) is 0 Å². The van der Waals surface area contributed by atoms with E-state index < -0.39 is 0 Å². The van der Waals surface area contributed by atoms with Gasteiger partial charge in [0.05, 0.1) is 0 Å². The van der Waals surface area contributed by atoms with Gasteiger partial charge < -0.3 is 10.6 Å². The summed E-state index contributed by atoms with van der Waals surface area (Å²) >= 11 is 0. The molecule has 2 saturated heterocycles. The second-order valence-electron chi connectivity index (χ2n) is 10.4. The Labute approximate surface area is 214 Å². The Kier molecular flexibility index (Phi) is 9.20. The fourth-order valence-corrected chi connectivity index (χ4v) is 5.78. The normalized spacial score (nSPS) is 23.2. The first-order chi connectivity index (χ1) is 17.4. The largest absolute Gasteiger partial charge is 0.317 e. The molecule has 2 fully saturated rings. The van der Waals surface area contributed by atoms with Gasteiger partial charge in [-0.1, -0.05) is 0 Å². The number of nitrogens with one attached hydrogen (secondary N) is 2. The molecule has 0 radical (unpaired) electrons. The van der Waals surface area contributed by atoms with Crippen molar-refractivity contribution in [2.24, 2.45) is 33.7 Å². The van der Waals surface area contributed by atoms with Gasteiger partial charge in [0.2, 0.25) is 11.8 Å². The second-order valence-corrected chi connectivity index (χ2v) is 10.4. The monoisotopic (exact) mass is 496 g/mol. The van der Waals surface area contributed by atoms with E-state index in [-0.39, 0.29) is 23.7 Å². The van der Waals surface area contributed by atoms with Crippen LogP contribution in [0.2, 0.25) is 0 Å².